The lowest BCUT2D eigenvalue weighted by molar-refractivity contribution is -0.253. The summed E-state index contributed by atoms with van der Waals surface area (Å²) in [6, 6.07) is 22.6. The molecule has 11 rings (SSSR count). The SMILES string of the molecule is COc1ccc2c(c1)c(CC(=O)NCCCCNC(=O)c1ccc(COO)c(C3=c4cc5c6c(c4Oc4c3cc3c7c4CCCN7CCC3)CCC[N+]=6CCC5)c1)c(C)n2C(=O)c1ccc(Cl)cc1. The molecule has 0 bridgehead atoms. The van der Waals surface area contributed by atoms with E-state index in [9.17, 15) is 19.6 Å². The quantitative estimate of drug-likeness (QED) is 0.0466. The Morgan fingerprint density at radius 2 is 1.54 bits per heavy atom. The van der Waals surface area contributed by atoms with Gasteiger partial charge in [-0.25, -0.2) is 9.46 Å². The van der Waals surface area contributed by atoms with Gasteiger partial charge in [-0.05, 0) is 147 Å². The molecule has 13 heteroatoms. The summed E-state index contributed by atoms with van der Waals surface area (Å²) in [6.45, 7) is 6.89. The summed E-state index contributed by atoms with van der Waals surface area (Å²) in [7, 11) is 1.59. The van der Waals surface area contributed by atoms with Gasteiger partial charge in [0.25, 0.3) is 11.8 Å². The number of hydrogen-bond donors (Lipinski definition) is 3. The summed E-state index contributed by atoms with van der Waals surface area (Å²) >= 11 is 6.10. The minimum absolute atomic E-state index is 0.0352. The van der Waals surface area contributed by atoms with Crippen molar-refractivity contribution < 1.29 is 34.0 Å². The molecular weight excluding hydrogens is 890 g/mol. The molecule has 69 heavy (non-hydrogen) atoms. The predicted molar refractivity (Wildman–Crippen MR) is 267 cm³/mol. The molecule has 5 aliphatic rings. The molecule has 0 spiro atoms. The number of unbranched alkanes of at least 4 members (excludes halogenated alkanes) is 1. The normalized spacial score (nSPS) is 15.4. The molecule has 0 saturated heterocycles. The van der Waals surface area contributed by atoms with Crippen LogP contribution in [0.2, 0.25) is 5.02 Å². The van der Waals surface area contributed by atoms with Gasteiger partial charge >= 0.3 is 0 Å². The third-order valence-corrected chi connectivity index (χ3v) is 15.2. The van der Waals surface area contributed by atoms with Gasteiger partial charge in [0.15, 0.2) is 0 Å². The van der Waals surface area contributed by atoms with Crippen LogP contribution in [-0.2, 0) is 48.4 Å². The molecular formula is C56H57ClN5O7+. The number of nitrogens with one attached hydrogen (secondary N) is 2. The number of nitrogens with zero attached hydrogens (tertiary/aromatic N) is 3. The molecule has 6 heterocycles. The van der Waals surface area contributed by atoms with Gasteiger partial charge in [-0.1, -0.05) is 17.7 Å². The first-order valence-electron chi connectivity index (χ1n) is 24.6. The Morgan fingerprint density at radius 3 is 2.33 bits per heavy atom. The van der Waals surface area contributed by atoms with Gasteiger partial charge in [-0.2, -0.15) is 0 Å². The fourth-order valence-electron chi connectivity index (χ4n) is 11.8. The van der Waals surface area contributed by atoms with Crippen molar-refractivity contribution >= 4 is 51.5 Å². The molecule has 5 aromatic carbocycles. The first-order chi connectivity index (χ1) is 33.7. The Balaban J connectivity index is 0.829. The highest BCUT2D eigenvalue weighted by Gasteiger charge is 2.36. The maximum atomic E-state index is 14.0. The molecule has 12 nitrogen and oxygen atoms in total. The molecule has 0 saturated carbocycles. The lowest BCUT2D eigenvalue weighted by atomic mass is 9.81. The zero-order chi connectivity index (χ0) is 47.3. The zero-order valence-corrected chi connectivity index (χ0v) is 40.0. The van der Waals surface area contributed by atoms with Crippen LogP contribution in [0.5, 0.6) is 17.2 Å². The number of ether oxygens (including phenoxy) is 2. The number of halogens is 1. The van der Waals surface area contributed by atoms with Gasteiger partial charge in [0.05, 0.1) is 24.6 Å². The molecule has 0 fully saturated rings. The van der Waals surface area contributed by atoms with Gasteiger partial charge in [0.1, 0.15) is 36.9 Å². The average molecular weight is 948 g/mol. The molecule has 1 aromatic heterocycles. The van der Waals surface area contributed by atoms with E-state index < -0.39 is 0 Å². The summed E-state index contributed by atoms with van der Waals surface area (Å²) in [5.41, 5.74) is 13.4. The van der Waals surface area contributed by atoms with Crippen molar-refractivity contribution in [2.24, 2.45) is 0 Å². The van der Waals surface area contributed by atoms with E-state index in [0.717, 1.165) is 127 Å². The number of amides is 2. The largest absolute Gasteiger partial charge is 0.497 e. The Morgan fingerprint density at radius 1 is 0.797 bits per heavy atom. The summed E-state index contributed by atoms with van der Waals surface area (Å²) in [5, 5.41) is 19.8. The highest BCUT2D eigenvalue weighted by molar-refractivity contribution is 6.30. The smallest absolute Gasteiger partial charge is 0.262 e. The monoisotopic (exact) mass is 946 g/mol. The zero-order valence-electron chi connectivity index (χ0n) is 39.3. The van der Waals surface area contributed by atoms with Crippen LogP contribution in [0.25, 0.3) is 16.5 Å². The highest BCUT2D eigenvalue weighted by Crippen LogP contribution is 2.49. The van der Waals surface area contributed by atoms with E-state index in [0.29, 0.717) is 59.0 Å². The number of rotatable bonds is 13. The number of hydrogen-bond acceptors (Lipinski definition) is 8. The third-order valence-electron chi connectivity index (χ3n) is 14.9. The van der Waals surface area contributed by atoms with Crippen LogP contribution in [-0.4, -0.2) is 73.9 Å². The van der Waals surface area contributed by atoms with E-state index >= 15 is 0 Å². The van der Waals surface area contributed by atoms with Gasteiger partial charge in [0, 0.05) is 99.4 Å². The van der Waals surface area contributed by atoms with Crippen LogP contribution < -0.4 is 40.2 Å². The second-order valence-corrected chi connectivity index (χ2v) is 19.5. The van der Waals surface area contributed by atoms with Crippen LogP contribution in [0.15, 0.2) is 72.8 Å². The van der Waals surface area contributed by atoms with Gasteiger partial charge in [-0.15, -0.1) is 0 Å². The van der Waals surface area contributed by atoms with Crippen LogP contribution in [0.3, 0.4) is 0 Å². The van der Waals surface area contributed by atoms with Crippen molar-refractivity contribution in [2.45, 2.75) is 84.2 Å². The molecule has 0 unspecified atom stereocenters. The van der Waals surface area contributed by atoms with E-state index in [1.165, 1.54) is 33.3 Å². The number of benzene rings is 5. The Hall–Kier alpha value is -6.47. The number of carbonyl (C=O) groups is 3. The van der Waals surface area contributed by atoms with Crippen LogP contribution in [0.4, 0.5) is 5.69 Å². The second kappa shape index (κ2) is 18.8. The molecule has 2 amide bonds. The molecule has 6 aromatic rings. The summed E-state index contributed by atoms with van der Waals surface area (Å²) in [5.74, 6) is 1.90. The van der Waals surface area contributed by atoms with Gasteiger partial charge < -0.3 is 25.0 Å². The summed E-state index contributed by atoms with van der Waals surface area (Å²) < 4.78 is 17.0. The van der Waals surface area contributed by atoms with Gasteiger partial charge in [0.2, 0.25) is 11.3 Å². The summed E-state index contributed by atoms with van der Waals surface area (Å²) in [4.78, 5) is 48.7. The maximum Gasteiger partial charge on any atom is 0.262 e. The van der Waals surface area contributed by atoms with Gasteiger partial charge in [-0.3, -0.25) is 24.2 Å². The molecule has 354 valence electrons. The number of methoxy groups -OCH3 is 1. The average Bonchev–Trinajstić information content (AvgIpc) is 3.64. The van der Waals surface area contributed by atoms with Crippen LogP contribution in [0.1, 0.15) is 109 Å². The molecule has 5 aliphatic heterocycles. The topological polar surface area (TPSA) is 134 Å². The number of aromatic nitrogens is 1. The predicted octanol–water partition coefficient (Wildman–Crippen LogP) is 7.59. The first kappa shape index (κ1) is 45.0. The third kappa shape index (κ3) is 8.15. The van der Waals surface area contributed by atoms with Crippen LogP contribution in [0, 0.1) is 6.92 Å². The Kier molecular flexibility index (Phi) is 12.3. The minimum Gasteiger partial charge on any atom is -0.497 e. The summed E-state index contributed by atoms with van der Waals surface area (Å²) in [6.07, 6.45) is 9.63. The van der Waals surface area contributed by atoms with Crippen molar-refractivity contribution in [3.8, 4) is 17.2 Å². The van der Waals surface area contributed by atoms with Crippen molar-refractivity contribution in [1.82, 2.24) is 19.8 Å². The number of carbonyl (C=O) groups excluding carboxylic acids is 3. The Labute approximate surface area is 406 Å². The first-order valence-corrected chi connectivity index (χ1v) is 24.9. The van der Waals surface area contributed by atoms with Crippen molar-refractivity contribution in [3.05, 3.63) is 150 Å². The van der Waals surface area contributed by atoms with E-state index in [1.807, 2.05) is 37.3 Å². The number of aryl methyl sites for hydroxylation is 2. The number of anilines is 1. The molecule has 0 atom stereocenters. The van der Waals surface area contributed by atoms with Crippen molar-refractivity contribution in [3.63, 3.8) is 0 Å². The van der Waals surface area contributed by atoms with Crippen molar-refractivity contribution in [2.75, 3.05) is 51.3 Å². The fraction of sp³-hybridized carbons (Fsp3) is 0.357. The molecule has 3 N–H and O–H groups in total. The standard InChI is InChI=1S/C56H56ClN5O7/c1-33-43(45-30-40(67-2)19-20-48(45)62(33)56(65)34-15-17-39(57)18-16-34)31-49(63)58-21-3-4-22-59-55(64)37-13-14-38(32-68-66)44(29-37)50-46-27-35-9-5-23-60-25-7-11-41(51(35)60)53(46)69-54-42-12-8-26-61-24-6-10-36(52(42)61)28-47(50)54/h13-20,27-30H,3-12,21-26,31-32H2,1-2H3,(H2-,58,59,63,64,66)/p+1. The minimum atomic E-state index is -0.212. The maximum absolute atomic E-state index is 14.0. The second-order valence-electron chi connectivity index (χ2n) is 19.1. The van der Waals surface area contributed by atoms with Crippen LogP contribution >= 0.6 is 11.6 Å². The van der Waals surface area contributed by atoms with E-state index in [-0.39, 0.29) is 30.7 Å². The van der Waals surface area contributed by atoms with E-state index in [4.69, 9.17) is 26.0 Å². The van der Waals surface area contributed by atoms with E-state index in [1.54, 1.807) is 42.0 Å². The van der Waals surface area contributed by atoms with E-state index in [2.05, 4.69) is 32.2 Å². The highest BCUT2D eigenvalue weighted by atomic mass is 35.5. The fourth-order valence-corrected chi connectivity index (χ4v) is 11.9. The molecule has 0 aliphatic carbocycles. The molecule has 0 radical (unpaired) electrons. The lowest BCUT2D eigenvalue weighted by Gasteiger charge is -2.39. The van der Waals surface area contributed by atoms with Crippen molar-refractivity contribution in [1.29, 1.82) is 0 Å². The lowest BCUT2D eigenvalue weighted by Crippen LogP contribution is -2.45. The number of fused-ring (bicyclic) bond motifs is 5. The Bertz CT molecular complexity index is 3230.